The van der Waals surface area contributed by atoms with Crippen LogP contribution in [0.1, 0.15) is 11.1 Å². The van der Waals surface area contributed by atoms with Gasteiger partial charge >= 0.3 is 6.36 Å². The monoisotopic (exact) mass is 212 g/mol. The van der Waals surface area contributed by atoms with Gasteiger partial charge < -0.3 is 4.74 Å². The maximum Gasteiger partial charge on any atom is 0.573 e. The van der Waals surface area contributed by atoms with E-state index in [2.05, 4.69) is 17.2 Å². The quantitative estimate of drug-likeness (QED) is 0.684. The van der Waals surface area contributed by atoms with Crippen molar-refractivity contribution in [3.05, 3.63) is 35.9 Å². The molecule has 0 saturated heterocycles. The van der Waals surface area contributed by atoms with Crippen LogP contribution in [0.3, 0.4) is 0 Å². The van der Waals surface area contributed by atoms with Gasteiger partial charge in [-0.05, 0) is 11.6 Å². The number of terminal acetylenes is 1. The van der Waals surface area contributed by atoms with Crippen LogP contribution in [0, 0.1) is 12.3 Å². The number of ether oxygens (including phenoxy) is 1. The summed E-state index contributed by atoms with van der Waals surface area (Å²) in [5, 5.41) is 0. The molecular formula is C11H7F3O. The van der Waals surface area contributed by atoms with Crippen LogP contribution < -0.4 is 4.74 Å². The summed E-state index contributed by atoms with van der Waals surface area (Å²) in [6, 6.07) is 4.14. The molecule has 0 aliphatic rings. The normalized spacial score (nSPS) is 10.5. The second kappa shape index (κ2) is 4.09. The number of alkyl halides is 3. The maximum absolute atomic E-state index is 12.0. The molecule has 0 saturated carbocycles. The van der Waals surface area contributed by atoms with E-state index in [4.69, 9.17) is 6.42 Å². The first kappa shape index (κ1) is 11.2. The summed E-state index contributed by atoms with van der Waals surface area (Å²) in [7, 11) is 0. The third-order valence-electron chi connectivity index (χ3n) is 1.65. The second-order valence-corrected chi connectivity index (χ2v) is 2.62. The molecule has 1 rings (SSSR count). The van der Waals surface area contributed by atoms with Crippen LogP contribution in [0.25, 0.3) is 6.08 Å². The number of rotatable bonds is 2. The van der Waals surface area contributed by atoms with Crippen LogP contribution in [0.2, 0.25) is 0 Å². The number of hydrogen-bond donors (Lipinski definition) is 0. The molecule has 1 aromatic rings. The largest absolute Gasteiger partial charge is 0.573 e. The fourth-order valence-corrected chi connectivity index (χ4v) is 1.08. The smallest absolute Gasteiger partial charge is 0.404 e. The Morgan fingerprint density at radius 1 is 1.40 bits per heavy atom. The molecule has 78 valence electrons. The fraction of sp³-hybridized carbons (Fsp3) is 0.0909. The van der Waals surface area contributed by atoms with Crippen molar-refractivity contribution in [1.29, 1.82) is 0 Å². The molecular weight excluding hydrogens is 205 g/mol. The predicted molar refractivity (Wildman–Crippen MR) is 51.2 cm³/mol. The Kier molecular flexibility index (Phi) is 3.05. The van der Waals surface area contributed by atoms with E-state index in [1.165, 1.54) is 12.1 Å². The zero-order valence-electron chi connectivity index (χ0n) is 7.64. The Morgan fingerprint density at radius 2 is 2.07 bits per heavy atom. The van der Waals surface area contributed by atoms with Gasteiger partial charge in [-0.25, -0.2) is 0 Å². The first-order chi connectivity index (χ1) is 6.98. The standard InChI is InChI=1S/C11H7F3O/c1-3-8-6-5-7-10(9(8)4-2)15-11(12,13)14/h2-3,5-7H,1H2. The summed E-state index contributed by atoms with van der Waals surface area (Å²) < 4.78 is 39.7. The van der Waals surface area contributed by atoms with Crippen molar-refractivity contribution in [2.75, 3.05) is 0 Å². The van der Waals surface area contributed by atoms with E-state index < -0.39 is 6.36 Å². The van der Waals surface area contributed by atoms with Crippen LogP contribution in [-0.2, 0) is 0 Å². The van der Waals surface area contributed by atoms with Gasteiger partial charge in [0.15, 0.2) is 0 Å². The lowest BCUT2D eigenvalue weighted by molar-refractivity contribution is -0.274. The van der Waals surface area contributed by atoms with Crippen LogP contribution in [0.5, 0.6) is 5.75 Å². The Balaban J connectivity index is 3.19. The lowest BCUT2D eigenvalue weighted by Gasteiger charge is -2.11. The SMILES string of the molecule is C#Cc1c(C=C)cccc1OC(F)(F)F. The molecule has 0 heterocycles. The lowest BCUT2D eigenvalue weighted by atomic mass is 10.1. The lowest BCUT2D eigenvalue weighted by Crippen LogP contribution is -2.18. The zero-order valence-corrected chi connectivity index (χ0v) is 7.64. The molecule has 0 spiro atoms. The first-order valence-corrected chi connectivity index (χ1v) is 3.95. The molecule has 0 fully saturated rings. The van der Waals surface area contributed by atoms with Gasteiger partial charge in [-0.1, -0.05) is 30.7 Å². The molecule has 1 aromatic carbocycles. The zero-order chi connectivity index (χ0) is 11.5. The fourth-order valence-electron chi connectivity index (χ4n) is 1.08. The van der Waals surface area contributed by atoms with E-state index in [1.54, 1.807) is 6.07 Å². The van der Waals surface area contributed by atoms with Crippen molar-refractivity contribution < 1.29 is 17.9 Å². The highest BCUT2D eigenvalue weighted by Gasteiger charge is 2.32. The molecule has 0 aliphatic heterocycles. The topological polar surface area (TPSA) is 9.23 Å². The Labute approximate surface area is 85.2 Å². The molecule has 0 unspecified atom stereocenters. The Morgan fingerprint density at radius 3 is 2.53 bits per heavy atom. The highest BCUT2D eigenvalue weighted by Crippen LogP contribution is 2.28. The molecule has 0 aromatic heterocycles. The van der Waals surface area contributed by atoms with E-state index >= 15 is 0 Å². The molecule has 0 radical (unpaired) electrons. The number of hydrogen-bond acceptors (Lipinski definition) is 1. The summed E-state index contributed by atoms with van der Waals surface area (Å²) in [6.45, 7) is 3.44. The molecule has 0 amide bonds. The average Bonchev–Trinajstić information content (AvgIpc) is 2.15. The van der Waals surface area contributed by atoms with E-state index in [-0.39, 0.29) is 11.3 Å². The summed E-state index contributed by atoms with van der Waals surface area (Å²) in [6.07, 6.45) is 1.73. The summed E-state index contributed by atoms with van der Waals surface area (Å²) in [5.41, 5.74) is 0.476. The van der Waals surface area contributed by atoms with Gasteiger partial charge in [0.25, 0.3) is 0 Å². The molecule has 0 aliphatic carbocycles. The summed E-state index contributed by atoms with van der Waals surface area (Å²) >= 11 is 0. The molecule has 0 atom stereocenters. The van der Waals surface area contributed by atoms with Crippen molar-refractivity contribution in [2.24, 2.45) is 0 Å². The van der Waals surface area contributed by atoms with Crippen molar-refractivity contribution in [1.82, 2.24) is 0 Å². The minimum absolute atomic E-state index is 0.0461. The van der Waals surface area contributed by atoms with E-state index in [0.29, 0.717) is 5.56 Å². The van der Waals surface area contributed by atoms with E-state index in [1.807, 2.05) is 0 Å². The Bertz CT molecular complexity index is 413. The van der Waals surface area contributed by atoms with Gasteiger partial charge in [-0.2, -0.15) is 0 Å². The predicted octanol–water partition coefficient (Wildman–Crippen LogP) is 3.21. The molecule has 4 heteroatoms. The summed E-state index contributed by atoms with van der Waals surface area (Å²) in [5.74, 6) is 1.75. The third-order valence-corrected chi connectivity index (χ3v) is 1.65. The number of halogens is 3. The highest BCUT2D eigenvalue weighted by atomic mass is 19.4. The van der Waals surface area contributed by atoms with Crippen molar-refractivity contribution in [3.63, 3.8) is 0 Å². The van der Waals surface area contributed by atoms with Crippen molar-refractivity contribution >= 4 is 6.08 Å². The van der Waals surface area contributed by atoms with Gasteiger partial charge in [0.05, 0.1) is 5.56 Å². The maximum atomic E-state index is 12.0. The molecule has 15 heavy (non-hydrogen) atoms. The van der Waals surface area contributed by atoms with Crippen LogP contribution in [-0.4, -0.2) is 6.36 Å². The molecule has 0 N–H and O–H groups in total. The second-order valence-electron chi connectivity index (χ2n) is 2.62. The molecule has 0 bridgehead atoms. The van der Waals surface area contributed by atoms with E-state index in [9.17, 15) is 13.2 Å². The summed E-state index contributed by atoms with van der Waals surface area (Å²) in [4.78, 5) is 0. The number of benzene rings is 1. The van der Waals surface area contributed by atoms with Gasteiger partial charge in [0.1, 0.15) is 5.75 Å². The van der Waals surface area contributed by atoms with Crippen LogP contribution >= 0.6 is 0 Å². The van der Waals surface area contributed by atoms with Gasteiger partial charge in [-0.15, -0.1) is 19.6 Å². The van der Waals surface area contributed by atoms with Crippen molar-refractivity contribution in [3.8, 4) is 18.1 Å². The third kappa shape index (κ3) is 2.78. The van der Waals surface area contributed by atoms with Crippen LogP contribution in [0.4, 0.5) is 13.2 Å². The average molecular weight is 212 g/mol. The Hall–Kier alpha value is -1.89. The van der Waals surface area contributed by atoms with E-state index in [0.717, 1.165) is 6.07 Å². The minimum atomic E-state index is -4.74. The highest BCUT2D eigenvalue weighted by molar-refractivity contribution is 5.62. The molecule has 1 nitrogen and oxygen atoms in total. The minimum Gasteiger partial charge on any atom is -0.404 e. The van der Waals surface area contributed by atoms with Gasteiger partial charge in [0, 0.05) is 0 Å². The first-order valence-electron chi connectivity index (χ1n) is 3.95. The van der Waals surface area contributed by atoms with Crippen molar-refractivity contribution in [2.45, 2.75) is 6.36 Å². The van der Waals surface area contributed by atoms with Gasteiger partial charge in [-0.3, -0.25) is 0 Å². The van der Waals surface area contributed by atoms with Crippen LogP contribution in [0.15, 0.2) is 24.8 Å². The van der Waals surface area contributed by atoms with Gasteiger partial charge in [0.2, 0.25) is 0 Å².